The Bertz CT molecular complexity index is 875. The maximum Gasteiger partial charge on any atom is 0.275 e. The van der Waals surface area contributed by atoms with Crippen LogP contribution in [0.25, 0.3) is 5.69 Å². The zero-order valence-electron chi connectivity index (χ0n) is 16.3. The minimum Gasteiger partial charge on any atom is -0.494 e. The van der Waals surface area contributed by atoms with Crippen molar-refractivity contribution < 1.29 is 14.3 Å². The molecule has 0 aliphatic carbocycles. The highest BCUT2D eigenvalue weighted by molar-refractivity contribution is 5.94. The van der Waals surface area contributed by atoms with Crippen molar-refractivity contribution in [1.29, 1.82) is 0 Å². The summed E-state index contributed by atoms with van der Waals surface area (Å²) in [7, 11) is 1.42. The summed E-state index contributed by atoms with van der Waals surface area (Å²) in [6.07, 6.45) is 0.825. The number of benzene rings is 1. The Kier molecular flexibility index (Phi) is 6.78. The first-order chi connectivity index (χ1) is 13.6. The smallest absolute Gasteiger partial charge is 0.275 e. The third-order valence-corrected chi connectivity index (χ3v) is 4.72. The molecule has 0 atom stereocenters. The molecule has 1 aromatic carbocycles. The number of morpholine rings is 1. The summed E-state index contributed by atoms with van der Waals surface area (Å²) < 4.78 is 11.8. The summed E-state index contributed by atoms with van der Waals surface area (Å²) in [5.74, 6) is -0.193. The molecule has 1 aliphatic heterocycles. The van der Waals surface area contributed by atoms with Crippen molar-refractivity contribution in [2.75, 3.05) is 46.5 Å². The summed E-state index contributed by atoms with van der Waals surface area (Å²) >= 11 is 0. The van der Waals surface area contributed by atoms with E-state index < -0.39 is 0 Å². The zero-order valence-corrected chi connectivity index (χ0v) is 16.3. The first kappa shape index (κ1) is 20.0. The predicted octanol–water partition coefficient (Wildman–Crippen LogP) is 1.00. The van der Waals surface area contributed by atoms with E-state index in [1.165, 1.54) is 17.9 Å². The van der Waals surface area contributed by atoms with Crippen LogP contribution in [0.5, 0.6) is 5.75 Å². The fourth-order valence-corrected chi connectivity index (χ4v) is 3.14. The number of rotatable bonds is 7. The lowest BCUT2D eigenvalue weighted by Crippen LogP contribution is -2.38. The molecule has 2 heterocycles. The maximum atomic E-state index is 12.7. The number of nitrogens with one attached hydrogen (secondary N) is 1. The highest BCUT2D eigenvalue weighted by Gasteiger charge is 2.18. The van der Waals surface area contributed by atoms with Crippen LogP contribution in [0.2, 0.25) is 0 Å². The number of amides is 1. The lowest BCUT2D eigenvalue weighted by molar-refractivity contribution is 0.0374. The normalized spacial score (nSPS) is 14.6. The Labute approximate surface area is 164 Å². The van der Waals surface area contributed by atoms with E-state index in [4.69, 9.17) is 9.47 Å². The van der Waals surface area contributed by atoms with Gasteiger partial charge in [0, 0.05) is 19.6 Å². The monoisotopic (exact) mass is 386 g/mol. The van der Waals surface area contributed by atoms with Crippen LogP contribution in [0, 0.1) is 6.92 Å². The Hall–Kier alpha value is -2.71. The Morgan fingerprint density at radius 3 is 2.75 bits per heavy atom. The highest BCUT2D eigenvalue weighted by atomic mass is 16.5. The van der Waals surface area contributed by atoms with Crippen molar-refractivity contribution in [2.45, 2.75) is 13.3 Å². The fourth-order valence-electron chi connectivity index (χ4n) is 3.14. The second-order valence-electron chi connectivity index (χ2n) is 6.66. The Morgan fingerprint density at radius 1 is 1.29 bits per heavy atom. The molecule has 1 saturated heterocycles. The van der Waals surface area contributed by atoms with Crippen molar-refractivity contribution in [3.05, 3.63) is 51.9 Å². The van der Waals surface area contributed by atoms with Crippen LogP contribution in [0.1, 0.15) is 22.5 Å². The largest absolute Gasteiger partial charge is 0.494 e. The van der Waals surface area contributed by atoms with Crippen molar-refractivity contribution in [1.82, 2.24) is 20.0 Å². The number of carbonyl (C=O) groups is 1. The number of para-hydroxylation sites is 1. The predicted molar refractivity (Wildman–Crippen MR) is 105 cm³/mol. The molecule has 1 fully saturated rings. The van der Waals surface area contributed by atoms with Crippen molar-refractivity contribution >= 4 is 5.91 Å². The molecule has 0 radical (unpaired) electrons. The summed E-state index contributed by atoms with van der Waals surface area (Å²) in [5.41, 5.74) is 1.27. The van der Waals surface area contributed by atoms with Gasteiger partial charge in [0.1, 0.15) is 0 Å². The lowest BCUT2D eigenvalue weighted by atomic mass is 10.2. The minimum atomic E-state index is -0.360. The molecule has 150 valence electrons. The molecule has 3 rings (SSSR count). The number of aryl methyl sites for hydroxylation is 1. The van der Waals surface area contributed by atoms with Gasteiger partial charge in [-0.3, -0.25) is 14.5 Å². The number of carbonyl (C=O) groups excluding carboxylic acids is 1. The third kappa shape index (κ3) is 4.76. The zero-order chi connectivity index (χ0) is 19.9. The van der Waals surface area contributed by atoms with Gasteiger partial charge >= 0.3 is 0 Å². The van der Waals surface area contributed by atoms with Gasteiger partial charge in [-0.2, -0.15) is 9.78 Å². The molecule has 0 bridgehead atoms. The van der Waals surface area contributed by atoms with Gasteiger partial charge < -0.3 is 14.8 Å². The highest BCUT2D eigenvalue weighted by Crippen LogP contribution is 2.16. The van der Waals surface area contributed by atoms with Crippen molar-refractivity contribution in [2.24, 2.45) is 0 Å². The van der Waals surface area contributed by atoms with Gasteiger partial charge in [-0.1, -0.05) is 18.2 Å². The quantitative estimate of drug-likeness (QED) is 0.715. The van der Waals surface area contributed by atoms with Gasteiger partial charge in [0.2, 0.25) is 0 Å². The van der Waals surface area contributed by atoms with E-state index in [1.54, 1.807) is 6.07 Å². The molecule has 8 nitrogen and oxygen atoms in total. The average Bonchev–Trinajstić information content (AvgIpc) is 2.72. The fraction of sp³-hybridized carbons (Fsp3) is 0.450. The Balaban J connectivity index is 1.71. The van der Waals surface area contributed by atoms with Crippen molar-refractivity contribution in [3.63, 3.8) is 0 Å². The summed E-state index contributed by atoms with van der Waals surface area (Å²) in [4.78, 5) is 27.4. The van der Waals surface area contributed by atoms with Crippen LogP contribution < -0.4 is 15.6 Å². The second kappa shape index (κ2) is 9.48. The van der Waals surface area contributed by atoms with Crippen LogP contribution >= 0.6 is 0 Å². The molecular formula is C20H26N4O4. The van der Waals surface area contributed by atoms with E-state index in [1.807, 2.05) is 25.1 Å². The molecule has 0 saturated carbocycles. The van der Waals surface area contributed by atoms with E-state index >= 15 is 0 Å². The molecule has 1 aliphatic rings. The number of methoxy groups -OCH3 is 1. The van der Waals surface area contributed by atoms with Crippen LogP contribution in [0.15, 0.2) is 35.1 Å². The van der Waals surface area contributed by atoms with Gasteiger partial charge in [-0.15, -0.1) is 0 Å². The number of aromatic nitrogens is 2. The van der Waals surface area contributed by atoms with Crippen LogP contribution in [-0.4, -0.2) is 67.1 Å². The first-order valence-corrected chi connectivity index (χ1v) is 9.43. The molecule has 1 amide bonds. The van der Waals surface area contributed by atoms with Crippen molar-refractivity contribution in [3.8, 4) is 11.4 Å². The van der Waals surface area contributed by atoms with Gasteiger partial charge in [0.05, 0.1) is 32.1 Å². The molecule has 8 heteroatoms. The summed E-state index contributed by atoms with van der Waals surface area (Å²) in [6.45, 7) is 6.66. The number of nitrogens with zero attached hydrogens (tertiary/aromatic N) is 3. The first-order valence-electron chi connectivity index (χ1n) is 9.43. The number of hydrogen-bond acceptors (Lipinski definition) is 6. The standard InChI is InChI=1S/C20H26N4O4/c1-15-6-3-4-7-16(15)24-18(25)14-17(27-2)19(22-24)20(26)21-8-5-9-23-10-12-28-13-11-23/h3-4,6-7,14H,5,8-13H2,1-2H3,(H,21,26). The summed E-state index contributed by atoms with van der Waals surface area (Å²) in [6, 6.07) is 8.68. The molecule has 28 heavy (non-hydrogen) atoms. The van der Waals surface area contributed by atoms with E-state index in [9.17, 15) is 9.59 Å². The maximum absolute atomic E-state index is 12.7. The number of hydrogen-bond donors (Lipinski definition) is 1. The molecule has 2 aromatic rings. The third-order valence-electron chi connectivity index (χ3n) is 4.72. The SMILES string of the molecule is COc1cc(=O)n(-c2ccccc2C)nc1C(=O)NCCCN1CCOCC1. The van der Waals surface area contributed by atoms with Crippen LogP contribution in [0.4, 0.5) is 0 Å². The minimum absolute atomic E-state index is 0.0942. The van der Waals surface area contributed by atoms with Gasteiger partial charge in [0.25, 0.3) is 11.5 Å². The van der Waals surface area contributed by atoms with E-state index in [0.717, 1.165) is 44.8 Å². The van der Waals surface area contributed by atoms with Crippen LogP contribution in [0.3, 0.4) is 0 Å². The molecule has 0 unspecified atom stereocenters. The van der Waals surface area contributed by atoms with Gasteiger partial charge in [-0.05, 0) is 31.5 Å². The van der Waals surface area contributed by atoms with Crippen LogP contribution in [-0.2, 0) is 4.74 Å². The second-order valence-corrected chi connectivity index (χ2v) is 6.66. The van der Waals surface area contributed by atoms with Gasteiger partial charge in [0.15, 0.2) is 11.4 Å². The molecule has 0 spiro atoms. The Morgan fingerprint density at radius 2 is 2.04 bits per heavy atom. The summed E-state index contributed by atoms with van der Waals surface area (Å²) in [5, 5.41) is 7.15. The molecule has 1 N–H and O–H groups in total. The van der Waals surface area contributed by atoms with E-state index in [0.29, 0.717) is 12.2 Å². The molecular weight excluding hydrogens is 360 g/mol. The number of ether oxygens (including phenoxy) is 2. The van der Waals surface area contributed by atoms with E-state index in [-0.39, 0.29) is 22.9 Å². The van der Waals surface area contributed by atoms with Gasteiger partial charge in [-0.25, -0.2) is 0 Å². The average molecular weight is 386 g/mol. The topological polar surface area (TPSA) is 85.7 Å². The molecule has 1 aromatic heterocycles. The lowest BCUT2D eigenvalue weighted by Gasteiger charge is -2.26. The van der Waals surface area contributed by atoms with E-state index in [2.05, 4.69) is 15.3 Å².